The van der Waals surface area contributed by atoms with Crippen LogP contribution >= 0.6 is 11.6 Å². The number of rotatable bonds is 3. The molecule has 3 heteroatoms. The zero-order valence-corrected chi connectivity index (χ0v) is 9.25. The summed E-state index contributed by atoms with van der Waals surface area (Å²) in [6.45, 7) is 3.71. The summed E-state index contributed by atoms with van der Waals surface area (Å²) in [7, 11) is 0. The van der Waals surface area contributed by atoms with Crippen molar-refractivity contribution in [1.29, 1.82) is 0 Å². The lowest BCUT2D eigenvalue weighted by atomic mass is 9.96. The first-order valence-electron chi connectivity index (χ1n) is 4.78. The smallest absolute Gasteiger partial charge is 0.0704 e. The van der Waals surface area contributed by atoms with Gasteiger partial charge in [-0.25, -0.2) is 0 Å². The minimum Gasteiger partial charge on any atom is -0.391 e. The van der Waals surface area contributed by atoms with Crippen LogP contribution in [-0.2, 0) is 6.42 Å². The number of halogens is 1. The van der Waals surface area contributed by atoms with Crippen LogP contribution in [0.3, 0.4) is 0 Å². The number of aliphatic hydroxyl groups is 1. The molecule has 0 aliphatic carbocycles. The van der Waals surface area contributed by atoms with Crippen LogP contribution in [0, 0.1) is 0 Å². The summed E-state index contributed by atoms with van der Waals surface area (Å²) in [4.78, 5) is 0. The van der Waals surface area contributed by atoms with Crippen LogP contribution in [0.2, 0.25) is 5.02 Å². The molecule has 0 unspecified atom stereocenters. The number of hydrogen-bond donors (Lipinski definition) is 2. The maximum Gasteiger partial charge on any atom is 0.0704 e. The van der Waals surface area contributed by atoms with Gasteiger partial charge >= 0.3 is 0 Å². The van der Waals surface area contributed by atoms with E-state index in [1.807, 2.05) is 25.1 Å². The van der Waals surface area contributed by atoms with E-state index in [9.17, 15) is 5.11 Å². The molecule has 0 saturated heterocycles. The average molecular weight is 214 g/mol. The first-order chi connectivity index (χ1) is 6.57. The van der Waals surface area contributed by atoms with E-state index in [-0.39, 0.29) is 6.04 Å². The Kier molecular flexibility index (Phi) is 3.93. The third-order valence-corrected chi connectivity index (χ3v) is 2.74. The molecule has 1 rings (SSSR count). The van der Waals surface area contributed by atoms with Gasteiger partial charge in [-0.05, 0) is 30.5 Å². The topological polar surface area (TPSA) is 46.2 Å². The molecule has 0 bridgehead atoms. The van der Waals surface area contributed by atoms with Crippen LogP contribution in [0.15, 0.2) is 18.2 Å². The van der Waals surface area contributed by atoms with Crippen molar-refractivity contribution in [3.63, 3.8) is 0 Å². The number of hydrogen-bond acceptors (Lipinski definition) is 2. The van der Waals surface area contributed by atoms with E-state index in [4.69, 9.17) is 17.3 Å². The van der Waals surface area contributed by atoms with Crippen LogP contribution in [-0.4, -0.2) is 11.2 Å². The molecule has 0 aromatic heterocycles. The standard InChI is InChI=1S/C11H16ClNO/c1-3-8-9(11(13)7(2)14)5-4-6-10(8)12/h4-7,11,14H,3,13H2,1-2H3/t7-,11-/m1/s1. The molecule has 0 aliphatic heterocycles. The molecule has 0 aliphatic rings. The molecular weight excluding hydrogens is 198 g/mol. The molecule has 2 atom stereocenters. The fourth-order valence-corrected chi connectivity index (χ4v) is 1.84. The molecule has 0 amide bonds. The number of aliphatic hydroxyl groups excluding tert-OH is 1. The first kappa shape index (κ1) is 11.5. The third-order valence-electron chi connectivity index (χ3n) is 2.39. The monoisotopic (exact) mass is 213 g/mol. The molecular formula is C11H16ClNO. The molecule has 1 aromatic rings. The van der Waals surface area contributed by atoms with E-state index in [2.05, 4.69) is 0 Å². The molecule has 1 aromatic carbocycles. The summed E-state index contributed by atoms with van der Waals surface area (Å²) >= 11 is 6.04. The maximum atomic E-state index is 9.42. The Balaban J connectivity index is 3.13. The molecule has 3 N–H and O–H groups in total. The Morgan fingerprint density at radius 1 is 1.50 bits per heavy atom. The van der Waals surface area contributed by atoms with Crippen molar-refractivity contribution in [3.05, 3.63) is 34.3 Å². The lowest BCUT2D eigenvalue weighted by molar-refractivity contribution is 0.164. The van der Waals surface area contributed by atoms with Crippen LogP contribution < -0.4 is 5.73 Å². The summed E-state index contributed by atoms with van der Waals surface area (Å²) in [6.07, 6.45) is 0.272. The normalized spacial score (nSPS) is 15.2. The Morgan fingerprint density at radius 2 is 2.14 bits per heavy atom. The number of nitrogens with two attached hydrogens (primary N) is 1. The van der Waals surface area contributed by atoms with Gasteiger partial charge in [0, 0.05) is 5.02 Å². The van der Waals surface area contributed by atoms with Crippen LogP contribution in [0.25, 0.3) is 0 Å². The lowest BCUT2D eigenvalue weighted by Crippen LogP contribution is -2.24. The summed E-state index contributed by atoms with van der Waals surface area (Å²) < 4.78 is 0. The average Bonchev–Trinajstić information content (AvgIpc) is 2.16. The molecule has 78 valence electrons. The highest BCUT2D eigenvalue weighted by molar-refractivity contribution is 6.31. The predicted molar refractivity (Wildman–Crippen MR) is 59.4 cm³/mol. The molecule has 0 fully saturated rings. The fraction of sp³-hybridized carbons (Fsp3) is 0.455. The van der Waals surface area contributed by atoms with Crippen molar-refractivity contribution in [2.45, 2.75) is 32.4 Å². The zero-order valence-electron chi connectivity index (χ0n) is 8.50. The van der Waals surface area contributed by atoms with Crippen LogP contribution in [0.1, 0.15) is 31.0 Å². The van der Waals surface area contributed by atoms with Crippen molar-refractivity contribution in [2.75, 3.05) is 0 Å². The number of benzene rings is 1. The second-order valence-electron chi connectivity index (χ2n) is 3.43. The van der Waals surface area contributed by atoms with Gasteiger partial charge in [0.2, 0.25) is 0 Å². The highest BCUT2D eigenvalue weighted by Crippen LogP contribution is 2.26. The van der Waals surface area contributed by atoms with Gasteiger partial charge < -0.3 is 10.8 Å². The molecule has 0 saturated carbocycles. The van der Waals surface area contributed by atoms with E-state index < -0.39 is 6.10 Å². The van der Waals surface area contributed by atoms with E-state index in [1.54, 1.807) is 6.92 Å². The van der Waals surface area contributed by atoms with Gasteiger partial charge in [-0.2, -0.15) is 0 Å². The quantitative estimate of drug-likeness (QED) is 0.810. The zero-order chi connectivity index (χ0) is 10.7. The lowest BCUT2D eigenvalue weighted by Gasteiger charge is -2.19. The summed E-state index contributed by atoms with van der Waals surface area (Å²) in [5, 5.41) is 10.1. The van der Waals surface area contributed by atoms with Gasteiger partial charge in [0.15, 0.2) is 0 Å². The van der Waals surface area contributed by atoms with E-state index in [0.717, 1.165) is 22.6 Å². The maximum absolute atomic E-state index is 9.42. The molecule has 14 heavy (non-hydrogen) atoms. The van der Waals surface area contributed by atoms with Crippen molar-refractivity contribution < 1.29 is 5.11 Å². The summed E-state index contributed by atoms with van der Waals surface area (Å²) in [5.41, 5.74) is 7.84. The van der Waals surface area contributed by atoms with Gasteiger partial charge in [-0.3, -0.25) is 0 Å². The largest absolute Gasteiger partial charge is 0.391 e. The Bertz CT molecular complexity index is 312. The van der Waals surface area contributed by atoms with Crippen LogP contribution in [0.4, 0.5) is 0 Å². The minimum atomic E-state index is -0.557. The summed E-state index contributed by atoms with van der Waals surface area (Å²) in [6, 6.07) is 5.27. The first-order valence-corrected chi connectivity index (χ1v) is 5.16. The summed E-state index contributed by atoms with van der Waals surface area (Å²) in [5.74, 6) is 0. The molecule has 2 nitrogen and oxygen atoms in total. The minimum absolute atomic E-state index is 0.358. The third kappa shape index (κ3) is 2.27. The highest BCUT2D eigenvalue weighted by atomic mass is 35.5. The Morgan fingerprint density at radius 3 is 2.64 bits per heavy atom. The van der Waals surface area contributed by atoms with E-state index in [0.29, 0.717) is 0 Å². The van der Waals surface area contributed by atoms with Crippen molar-refractivity contribution in [2.24, 2.45) is 5.73 Å². The van der Waals surface area contributed by atoms with Gasteiger partial charge in [0.25, 0.3) is 0 Å². The van der Waals surface area contributed by atoms with Gasteiger partial charge in [-0.15, -0.1) is 0 Å². The van der Waals surface area contributed by atoms with E-state index in [1.165, 1.54) is 0 Å². The Hall–Kier alpha value is -0.570. The molecule has 0 heterocycles. The van der Waals surface area contributed by atoms with Crippen molar-refractivity contribution in [3.8, 4) is 0 Å². The van der Waals surface area contributed by atoms with Crippen molar-refractivity contribution in [1.82, 2.24) is 0 Å². The van der Waals surface area contributed by atoms with Gasteiger partial charge in [0.1, 0.15) is 0 Å². The SMILES string of the molecule is CCc1c(Cl)cccc1[C@H](N)[C@@H](C)O. The second-order valence-corrected chi connectivity index (χ2v) is 3.83. The van der Waals surface area contributed by atoms with Gasteiger partial charge in [0.05, 0.1) is 12.1 Å². The predicted octanol–water partition coefficient (Wildman–Crippen LogP) is 2.28. The molecule has 0 radical (unpaired) electrons. The second kappa shape index (κ2) is 4.78. The van der Waals surface area contributed by atoms with Gasteiger partial charge in [-0.1, -0.05) is 30.7 Å². The van der Waals surface area contributed by atoms with E-state index >= 15 is 0 Å². The fourth-order valence-electron chi connectivity index (χ4n) is 1.52. The highest BCUT2D eigenvalue weighted by Gasteiger charge is 2.16. The van der Waals surface area contributed by atoms with Crippen LogP contribution in [0.5, 0.6) is 0 Å². The van der Waals surface area contributed by atoms with Crippen molar-refractivity contribution >= 4 is 11.6 Å². The Labute approximate surface area is 89.7 Å². The molecule has 0 spiro atoms.